The predicted octanol–water partition coefficient (Wildman–Crippen LogP) is 5.35. The van der Waals surface area contributed by atoms with Crippen molar-refractivity contribution < 1.29 is 27.8 Å². The Labute approximate surface area is 170 Å². The number of amides is 1. The number of nitrogens with zero attached hydrogens (tertiary/aromatic N) is 1. The fourth-order valence-electron chi connectivity index (χ4n) is 4.49. The van der Waals surface area contributed by atoms with Crippen LogP contribution < -0.4 is 0 Å². The van der Waals surface area contributed by atoms with Crippen LogP contribution in [0, 0.1) is 5.41 Å². The lowest BCUT2D eigenvalue weighted by atomic mass is 9.72. The minimum atomic E-state index is -2.65. The first-order chi connectivity index (χ1) is 13.4. The number of carbonyl (C=O) groups excluding carboxylic acids is 2. The van der Waals surface area contributed by atoms with Crippen molar-refractivity contribution in [3.63, 3.8) is 0 Å². The highest BCUT2D eigenvalue weighted by atomic mass is 19.3. The Hall–Kier alpha value is -2.18. The molecule has 7 heteroatoms. The van der Waals surface area contributed by atoms with Crippen molar-refractivity contribution in [1.82, 2.24) is 4.90 Å². The molecule has 0 aromatic heterocycles. The van der Waals surface area contributed by atoms with Gasteiger partial charge < -0.3 is 14.4 Å². The number of benzene rings is 1. The summed E-state index contributed by atoms with van der Waals surface area (Å²) in [6.07, 6.45) is 0.766. The van der Waals surface area contributed by atoms with Gasteiger partial charge in [0, 0.05) is 19.4 Å². The van der Waals surface area contributed by atoms with E-state index in [-0.39, 0.29) is 18.9 Å². The highest BCUT2D eigenvalue weighted by molar-refractivity contribution is 5.89. The molecule has 160 valence electrons. The number of alkyl halides is 2. The Morgan fingerprint density at radius 3 is 2.28 bits per heavy atom. The van der Waals surface area contributed by atoms with Gasteiger partial charge in [-0.05, 0) is 63.1 Å². The second-order valence-electron chi connectivity index (χ2n) is 9.29. The maximum absolute atomic E-state index is 14.0. The lowest BCUT2D eigenvalue weighted by molar-refractivity contribution is -0.0305. The summed E-state index contributed by atoms with van der Waals surface area (Å²) in [7, 11) is 1.31. The molecule has 1 saturated heterocycles. The number of halogens is 2. The number of ether oxygens (including phenoxy) is 2. The summed E-state index contributed by atoms with van der Waals surface area (Å²) < 4.78 is 38.3. The predicted molar refractivity (Wildman–Crippen MR) is 104 cm³/mol. The molecule has 29 heavy (non-hydrogen) atoms. The average molecular weight is 409 g/mol. The number of likely N-dealkylation sites (tertiary alicyclic amines) is 1. The third kappa shape index (κ3) is 4.87. The summed E-state index contributed by atoms with van der Waals surface area (Å²) in [4.78, 5) is 26.2. The quantitative estimate of drug-likeness (QED) is 0.618. The summed E-state index contributed by atoms with van der Waals surface area (Å²) in [5.74, 6) is -3.09. The summed E-state index contributed by atoms with van der Waals surface area (Å²) >= 11 is 0. The van der Waals surface area contributed by atoms with Gasteiger partial charge in [0.15, 0.2) is 0 Å². The zero-order valence-electron chi connectivity index (χ0n) is 17.5. The van der Waals surface area contributed by atoms with Crippen LogP contribution in [0.4, 0.5) is 13.6 Å². The first-order valence-corrected chi connectivity index (χ1v) is 9.99. The van der Waals surface area contributed by atoms with Crippen LogP contribution in [0.15, 0.2) is 24.3 Å². The number of rotatable bonds is 2. The van der Waals surface area contributed by atoms with E-state index in [1.54, 1.807) is 49.9 Å². The summed E-state index contributed by atoms with van der Waals surface area (Å²) in [6.45, 7) is 5.77. The van der Waals surface area contributed by atoms with Crippen LogP contribution in [0.3, 0.4) is 0 Å². The maximum atomic E-state index is 14.0. The van der Waals surface area contributed by atoms with Crippen molar-refractivity contribution in [3.8, 4) is 0 Å². The van der Waals surface area contributed by atoms with Crippen molar-refractivity contribution in [1.29, 1.82) is 0 Å². The molecule has 1 aliphatic carbocycles. The normalized spacial score (nSPS) is 26.4. The molecule has 3 rings (SSSR count). The van der Waals surface area contributed by atoms with E-state index < -0.39 is 29.0 Å². The highest BCUT2D eigenvalue weighted by Crippen LogP contribution is 2.56. The van der Waals surface area contributed by atoms with E-state index in [1.165, 1.54) is 7.11 Å². The van der Waals surface area contributed by atoms with Gasteiger partial charge in [-0.15, -0.1) is 0 Å². The Bertz CT molecular complexity index is 772. The van der Waals surface area contributed by atoms with Gasteiger partial charge in [-0.3, -0.25) is 0 Å². The molecule has 0 N–H and O–H groups in total. The highest BCUT2D eigenvalue weighted by Gasteiger charge is 2.53. The van der Waals surface area contributed by atoms with E-state index in [0.717, 1.165) is 5.56 Å². The largest absolute Gasteiger partial charge is 0.465 e. The van der Waals surface area contributed by atoms with Crippen molar-refractivity contribution >= 4 is 12.1 Å². The summed E-state index contributed by atoms with van der Waals surface area (Å²) in [5, 5.41) is 0. The number of hydrogen-bond donors (Lipinski definition) is 0. The number of hydrogen-bond acceptors (Lipinski definition) is 4. The summed E-state index contributed by atoms with van der Waals surface area (Å²) in [6, 6.07) is 6.43. The first kappa shape index (κ1) is 21.5. The first-order valence-electron chi connectivity index (χ1n) is 9.99. The van der Waals surface area contributed by atoms with Gasteiger partial charge in [0.1, 0.15) is 5.60 Å². The summed E-state index contributed by atoms with van der Waals surface area (Å²) in [5.41, 5.74) is 0.0790. The maximum Gasteiger partial charge on any atom is 0.410 e. The van der Waals surface area contributed by atoms with Gasteiger partial charge in [-0.25, -0.2) is 18.4 Å². The molecule has 1 aliphatic heterocycles. The van der Waals surface area contributed by atoms with Gasteiger partial charge in [0.05, 0.1) is 18.7 Å². The molecule has 5 nitrogen and oxygen atoms in total. The molecular weight excluding hydrogens is 380 g/mol. The second kappa shape index (κ2) is 7.58. The molecule has 0 bridgehead atoms. The van der Waals surface area contributed by atoms with E-state index >= 15 is 0 Å². The minimum absolute atomic E-state index is 0.104. The van der Waals surface area contributed by atoms with Crippen molar-refractivity contribution in [2.24, 2.45) is 5.41 Å². The SMILES string of the molecule is COC(=O)c1ccc([C@@H]2C[C@]3(CCN2C(=O)OC(C)(C)C)CCC(F)(F)C3)cc1. The molecule has 1 amide bonds. The lowest BCUT2D eigenvalue weighted by Crippen LogP contribution is -2.46. The third-order valence-electron chi connectivity index (χ3n) is 5.88. The van der Waals surface area contributed by atoms with E-state index in [2.05, 4.69) is 0 Å². The molecule has 1 heterocycles. The number of esters is 1. The molecule has 0 unspecified atom stereocenters. The molecule has 1 aromatic rings. The van der Waals surface area contributed by atoms with Crippen LogP contribution in [0.25, 0.3) is 0 Å². The van der Waals surface area contributed by atoms with Crippen LogP contribution in [0.5, 0.6) is 0 Å². The van der Waals surface area contributed by atoms with Gasteiger partial charge in [-0.1, -0.05) is 12.1 Å². The van der Waals surface area contributed by atoms with Gasteiger partial charge >= 0.3 is 12.1 Å². The van der Waals surface area contributed by atoms with E-state index in [9.17, 15) is 18.4 Å². The molecule has 1 spiro atoms. The Morgan fingerprint density at radius 1 is 1.10 bits per heavy atom. The fourth-order valence-corrected chi connectivity index (χ4v) is 4.49. The number of methoxy groups -OCH3 is 1. The molecule has 2 fully saturated rings. The second-order valence-corrected chi connectivity index (χ2v) is 9.29. The monoisotopic (exact) mass is 409 g/mol. The van der Waals surface area contributed by atoms with Gasteiger partial charge in [-0.2, -0.15) is 0 Å². The molecular formula is C22H29F2NO4. The Kier molecular flexibility index (Phi) is 5.62. The molecule has 2 atom stereocenters. The zero-order chi connectivity index (χ0) is 21.4. The number of piperidine rings is 1. The Morgan fingerprint density at radius 2 is 1.76 bits per heavy atom. The molecule has 1 saturated carbocycles. The van der Waals surface area contributed by atoms with Crippen molar-refractivity contribution in [2.75, 3.05) is 13.7 Å². The van der Waals surface area contributed by atoms with Crippen LogP contribution in [0.2, 0.25) is 0 Å². The standard InChI is InChI=1S/C22H29F2NO4/c1-20(2,3)29-19(27)25-12-11-21(9-10-22(23,24)14-21)13-17(25)15-5-7-16(8-6-15)18(26)28-4/h5-8,17H,9-14H2,1-4H3/t17-,21+/m0/s1. The van der Waals surface area contributed by atoms with Gasteiger partial charge in [0.2, 0.25) is 5.92 Å². The van der Waals surface area contributed by atoms with E-state index in [1.807, 2.05) is 0 Å². The third-order valence-corrected chi connectivity index (χ3v) is 5.88. The molecule has 2 aliphatic rings. The fraction of sp³-hybridized carbons (Fsp3) is 0.636. The van der Waals surface area contributed by atoms with Crippen LogP contribution in [0.1, 0.15) is 74.8 Å². The van der Waals surface area contributed by atoms with E-state index in [4.69, 9.17) is 9.47 Å². The van der Waals surface area contributed by atoms with E-state index in [0.29, 0.717) is 31.4 Å². The van der Waals surface area contributed by atoms with Crippen LogP contribution in [-0.2, 0) is 9.47 Å². The molecule has 0 radical (unpaired) electrons. The smallest absolute Gasteiger partial charge is 0.410 e. The van der Waals surface area contributed by atoms with Crippen LogP contribution in [-0.4, -0.2) is 42.1 Å². The van der Waals surface area contributed by atoms with Crippen molar-refractivity contribution in [2.45, 2.75) is 70.4 Å². The number of carbonyl (C=O) groups is 2. The van der Waals surface area contributed by atoms with Crippen molar-refractivity contribution in [3.05, 3.63) is 35.4 Å². The topological polar surface area (TPSA) is 55.8 Å². The average Bonchev–Trinajstić information content (AvgIpc) is 2.93. The zero-order valence-corrected chi connectivity index (χ0v) is 17.5. The minimum Gasteiger partial charge on any atom is -0.465 e. The Balaban J connectivity index is 1.89. The van der Waals surface area contributed by atoms with Gasteiger partial charge in [0.25, 0.3) is 0 Å². The lowest BCUT2D eigenvalue weighted by Gasteiger charge is -2.45. The molecule has 1 aromatic carbocycles. The van der Waals surface area contributed by atoms with Crippen LogP contribution >= 0.6 is 0 Å².